The zero-order valence-electron chi connectivity index (χ0n) is 16.6. The summed E-state index contributed by atoms with van der Waals surface area (Å²) in [6, 6.07) is 5.74. The number of hydrogen-bond donors (Lipinski definition) is 2. The van der Waals surface area contributed by atoms with Crippen molar-refractivity contribution in [1.82, 2.24) is 20.3 Å². The quantitative estimate of drug-likeness (QED) is 0.713. The standard InChI is InChI=1S/C19H24N4O5S/c1-12(2)17-16(13(3)22-28-17)19(25)21-20-18(24)14-7-6-8-15(11-14)29(26,27)23-9-4-5-10-23/h6-8,11-12H,4-5,9-10H2,1-3H3,(H,20,24)(H,21,25). The number of benzene rings is 1. The first-order chi connectivity index (χ1) is 13.7. The molecule has 0 bridgehead atoms. The van der Waals surface area contributed by atoms with E-state index in [9.17, 15) is 18.0 Å². The van der Waals surface area contributed by atoms with Gasteiger partial charge in [-0.2, -0.15) is 4.31 Å². The summed E-state index contributed by atoms with van der Waals surface area (Å²) in [5, 5.41) is 3.80. The summed E-state index contributed by atoms with van der Waals surface area (Å²) in [4.78, 5) is 25.0. The average molecular weight is 420 g/mol. The molecule has 9 nitrogen and oxygen atoms in total. The van der Waals surface area contributed by atoms with Crippen LogP contribution in [0, 0.1) is 6.92 Å². The molecular formula is C19H24N4O5S. The Morgan fingerprint density at radius 1 is 1.14 bits per heavy atom. The van der Waals surface area contributed by atoms with Crippen molar-refractivity contribution in [2.24, 2.45) is 0 Å². The van der Waals surface area contributed by atoms with Crippen LogP contribution in [0.3, 0.4) is 0 Å². The van der Waals surface area contributed by atoms with Crippen LogP contribution < -0.4 is 10.9 Å². The number of amides is 2. The number of rotatable bonds is 5. The smallest absolute Gasteiger partial charge is 0.275 e. The molecule has 2 aromatic rings. The van der Waals surface area contributed by atoms with E-state index in [4.69, 9.17) is 4.52 Å². The number of nitrogens with zero attached hydrogens (tertiary/aromatic N) is 2. The van der Waals surface area contributed by atoms with Gasteiger partial charge in [0.2, 0.25) is 10.0 Å². The van der Waals surface area contributed by atoms with Gasteiger partial charge < -0.3 is 4.52 Å². The highest BCUT2D eigenvalue weighted by Gasteiger charge is 2.28. The molecule has 1 aliphatic heterocycles. The number of nitrogens with one attached hydrogen (secondary N) is 2. The molecule has 29 heavy (non-hydrogen) atoms. The minimum absolute atomic E-state index is 0.0512. The van der Waals surface area contributed by atoms with Crippen LogP contribution in [0.1, 0.15) is 64.8 Å². The van der Waals surface area contributed by atoms with Gasteiger partial charge in [0, 0.05) is 24.6 Å². The molecule has 1 aliphatic rings. The predicted molar refractivity (Wildman–Crippen MR) is 105 cm³/mol. The maximum atomic E-state index is 12.7. The van der Waals surface area contributed by atoms with E-state index in [-0.39, 0.29) is 21.9 Å². The Labute approximate surface area is 169 Å². The summed E-state index contributed by atoms with van der Waals surface area (Å²) in [6.45, 7) is 6.32. The molecule has 1 fully saturated rings. The zero-order chi connectivity index (χ0) is 21.2. The lowest BCUT2D eigenvalue weighted by molar-refractivity contribution is 0.0844. The van der Waals surface area contributed by atoms with Crippen molar-refractivity contribution in [3.05, 3.63) is 46.8 Å². The van der Waals surface area contributed by atoms with E-state index in [2.05, 4.69) is 16.0 Å². The van der Waals surface area contributed by atoms with E-state index in [1.807, 2.05) is 13.8 Å². The fraction of sp³-hybridized carbons (Fsp3) is 0.421. The minimum Gasteiger partial charge on any atom is -0.360 e. The molecule has 156 valence electrons. The van der Waals surface area contributed by atoms with Gasteiger partial charge >= 0.3 is 0 Å². The molecular weight excluding hydrogens is 396 g/mol. The number of carbonyl (C=O) groups is 2. The zero-order valence-corrected chi connectivity index (χ0v) is 17.4. The van der Waals surface area contributed by atoms with Crippen molar-refractivity contribution in [1.29, 1.82) is 0 Å². The maximum Gasteiger partial charge on any atom is 0.275 e. The molecule has 2 N–H and O–H groups in total. The van der Waals surface area contributed by atoms with Crippen molar-refractivity contribution in [2.75, 3.05) is 13.1 Å². The number of aromatic nitrogens is 1. The van der Waals surface area contributed by atoms with Gasteiger partial charge in [-0.1, -0.05) is 25.1 Å². The van der Waals surface area contributed by atoms with Crippen molar-refractivity contribution < 1.29 is 22.5 Å². The Kier molecular flexibility index (Phi) is 6.04. The van der Waals surface area contributed by atoms with E-state index in [0.717, 1.165) is 12.8 Å². The second-order valence-electron chi connectivity index (χ2n) is 7.21. The third-order valence-corrected chi connectivity index (χ3v) is 6.62. The third kappa shape index (κ3) is 4.33. The number of sulfonamides is 1. The molecule has 2 amide bonds. The lowest BCUT2D eigenvalue weighted by Crippen LogP contribution is -2.42. The minimum atomic E-state index is -3.64. The van der Waals surface area contributed by atoms with Crippen molar-refractivity contribution in [3.8, 4) is 0 Å². The lowest BCUT2D eigenvalue weighted by Gasteiger charge is -2.16. The van der Waals surface area contributed by atoms with Crippen LogP contribution in [0.25, 0.3) is 0 Å². The Bertz CT molecular complexity index is 1020. The maximum absolute atomic E-state index is 12.7. The molecule has 3 rings (SSSR count). The topological polar surface area (TPSA) is 122 Å². The fourth-order valence-electron chi connectivity index (χ4n) is 3.18. The molecule has 2 heterocycles. The first-order valence-electron chi connectivity index (χ1n) is 9.39. The summed E-state index contributed by atoms with van der Waals surface area (Å²) in [5.41, 5.74) is 5.45. The van der Waals surface area contributed by atoms with E-state index < -0.39 is 21.8 Å². The summed E-state index contributed by atoms with van der Waals surface area (Å²) in [7, 11) is -3.64. The Hall–Kier alpha value is -2.72. The van der Waals surface area contributed by atoms with E-state index in [1.165, 1.54) is 28.6 Å². The normalized spacial score (nSPS) is 14.9. The Balaban J connectivity index is 1.72. The highest BCUT2D eigenvalue weighted by atomic mass is 32.2. The van der Waals surface area contributed by atoms with Gasteiger partial charge in [0.15, 0.2) is 5.76 Å². The highest BCUT2D eigenvalue weighted by molar-refractivity contribution is 7.89. The van der Waals surface area contributed by atoms with Crippen LogP contribution in [-0.2, 0) is 10.0 Å². The summed E-state index contributed by atoms with van der Waals surface area (Å²) in [5.74, 6) is -0.813. The van der Waals surface area contributed by atoms with Gasteiger partial charge in [0.1, 0.15) is 5.56 Å². The van der Waals surface area contributed by atoms with Gasteiger partial charge in [-0.05, 0) is 38.0 Å². The molecule has 0 radical (unpaired) electrons. The molecule has 0 atom stereocenters. The van der Waals surface area contributed by atoms with E-state index in [0.29, 0.717) is 24.5 Å². The monoisotopic (exact) mass is 420 g/mol. The van der Waals surface area contributed by atoms with Gasteiger partial charge in [-0.25, -0.2) is 8.42 Å². The summed E-state index contributed by atoms with van der Waals surface area (Å²) < 4.78 is 31.9. The first kappa shape index (κ1) is 21.0. The number of hydrazine groups is 1. The Morgan fingerprint density at radius 3 is 2.45 bits per heavy atom. The van der Waals surface area contributed by atoms with E-state index >= 15 is 0 Å². The molecule has 10 heteroatoms. The van der Waals surface area contributed by atoms with Gasteiger partial charge in [-0.3, -0.25) is 20.4 Å². The molecule has 0 aliphatic carbocycles. The third-order valence-electron chi connectivity index (χ3n) is 4.73. The molecule has 1 saturated heterocycles. The SMILES string of the molecule is Cc1noc(C(C)C)c1C(=O)NNC(=O)c1cccc(S(=O)(=O)N2CCCC2)c1. The number of carbonyl (C=O) groups excluding carboxylic acids is 2. The average Bonchev–Trinajstić information content (AvgIpc) is 3.36. The van der Waals surface area contributed by atoms with Crippen molar-refractivity contribution in [3.63, 3.8) is 0 Å². The van der Waals surface area contributed by atoms with Gasteiger partial charge in [-0.15, -0.1) is 0 Å². The second-order valence-corrected chi connectivity index (χ2v) is 9.15. The van der Waals surface area contributed by atoms with Crippen LogP contribution in [0.5, 0.6) is 0 Å². The van der Waals surface area contributed by atoms with Gasteiger partial charge in [0.05, 0.1) is 10.6 Å². The first-order valence-corrected chi connectivity index (χ1v) is 10.8. The summed E-state index contributed by atoms with van der Waals surface area (Å²) >= 11 is 0. The molecule has 1 aromatic heterocycles. The number of hydrogen-bond acceptors (Lipinski definition) is 6. The summed E-state index contributed by atoms with van der Waals surface area (Å²) in [6.07, 6.45) is 1.65. The largest absolute Gasteiger partial charge is 0.360 e. The van der Waals surface area contributed by atoms with Crippen LogP contribution >= 0.6 is 0 Å². The fourth-order valence-corrected chi connectivity index (χ4v) is 4.74. The van der Waals surface area contributed by atoms with Crippen molar-refractivity contribution >= 4 is 21.8 Å². The van der Waals surface area contributed by atoms with Crippen LogP contribution in [0.4, 0.5) is 0 Å². The second kappa shape index (κ2) is 8.34. The lowest BCUT2D eigenvalue weighted by atomic mass is 10.0. The van der Waals surface area contributed by atoms with E-state index in [1.54, 1.807) is 6.92 Å². The number of aryl methyl sites for hydroxylation is 1. The Morgan fingerprint density at radius 2 is 1.79 bits per heavy atom. The molecule has 0 saturated carbocycles. The van der Waals surface area contributed by atoms with Gasteiger partial charge in [0.25, 0.3) is 11.8 Å². The molecule has 0 unspecified atom stereocenters. The predicted octanol–water partition coefficient (Wildman–Crippen LogP) is 1.97. The molecule has 0 spiro atoms. The molecule has 1 aromatic carbocycles. The van der Waals surface area contributed by atoms with Crippen LogP contribution in [-0.4, -0.2) is 42.8 Å². The van der Waals surface area contributed by atoms with Crippen LogP contribution in [0.15, 0.2) is 33.7 Å². The van der Waals surface area contributed by atoms with Crippen molar-refractivity contribution in [2.45, 2.75) is 44.4 Å². The highest BCUT2D eigenvalue weighted by Crippen LogP contribution is 2.23. The van der Waals surface area contributed by atoms with Crippen LogP contribution in [0.2, 0.25) is 0 Å².